The molecule has 5 heteroatoms. The molecule has 15 heavy (non-hydrogen) atoms. The largest absolute Gasteiger partial charge is 0.370 e. The first-order valence-electron chi connectivity index (χ1n) is 4.84. The van der Waals surface area contributed by atoms with E-state index in [0.717, 1.165) is 29.8 Å². The molecule has 0 saturated carbocycles. The number of aromatic nitrogens is 1. The van der Waals surface area contributed by atoms with Gasteiger partial charge >= 0.3 is 0 Å². The second kappa shape index (κ2) is 4.78. The highest BCUT2D eigenvalue weighted by Gasteiger charge is 2.13. The van der Waals surface area contributed by atoms with Crippen LogP contribution < -0.4 is 5.73 Å². The monoisotopic (exact) mass is 316 g/mol. The molecule has 2 heterocycles. The molecule has 0 fully saturated rings. The number of alkyl halides is 1. The predicted molar refractivity (Wildman–Crippen MR) is 68.9 cm³/mol. The molecule has 0 aliphatic carbocycles. The molecule has 0 amide bonds. The number of nitrogens with two attached hydrogens (primary N) is 1. The minimum Gasteiger partial charge on any atom is -0.370 e. The molecule has 0 atom stereocenters. The number of rotatable bonds is 3. The Labute approximate surface area is 103 Å². The van der Waals surface area contributed by atoms with Crippen LogP contribution in [0.5, 0.6) is 0 Å². The Morgan fingerprint density at radius 3 is 2.87 bits per heavy atom. The molecule has 0 aromatic carbocycles. The summed E-state index contributed by atoms with van der Waals surface area (Å²) in [5, 5.41) is 0. The molecular formula is C10H13IN4. The minimum atomic E-state index is 0.646. The first-order chi connectivity index (χ1) is 7.29. The Morgan fingerprint density at radius 2 is 2.33 bits per heavy atom. The fourth-order valence-electron chi connectivity index (χ4n) is 1.51. The highest BCUT2D eigenvalue weighted by atomic mass is 127. The lowest BCUT2D eigenvalue weighted by Gasteiger charge is -2.16. The maximum absolute atomic E-state index is 5.74. The van der Waals surface area contributed by atoms with Crippen molar-refractivity contribution >= 4 is 28.6 Å². The number of hydrogen-bond donors (Lipinski definition) is 1. The van der Waals surface area contributed by atoms with E-state index in [4.69, 9.17) is 5.73 Å². The van der Waals surface area contributed by atoms with Crippen LogP contribution in [0.15, 0.2) is 23.3 Å². The summed E-state index contributed by atoms with van der Waals surface area (Å²) in [7, 11) is 0. The molecule has 1 aromatic heterocycles. The summed E-state index contributed by atoms with van der Waals surface area (Å²) in [5.74, 6) is 0.646. The number of halogens is 1. The number of guanidine groups is 1. The van der Waals surface area contributed by atoms with E-state index >= 15 is 0 Å². The van der Waals surface area contributed by atoms with Crippen LogP contribution >= 0.6 is 22.6 Å². The standard InChI is InChI=1S/C10H13IN4/c11-5-9-2-1-8(6-14-9)7-15-4-3-13-10(15)12/h1-2,6H,3-5,7H2,(H2,12,13). The molecule has 2 rings (SSSR count). The van der Waals surface area contributed by atoms with Gasteiger partial charge in [-0.15, -0.1) is 0 Å². The molecule has 1 aromatic rings. The maximum atomic E-state index is 5.74. The van der Waals surface area contributed by atoms with Gasteiger partial charge in [0.25, 0.3) is 0 Å². The molecule has 0 spiro atoms. The van der Waals surface area contributed by atoms with Crippen molar-refractivity contribution < 1.29 is 0 Å². The van der Waals surface area contributed by atoms with E-state index in [1.54, 1.807) is 0 Å². The van der Waals surface area contributed by atoms with Gasteiger partial charge in [-0.2, -0.15) is 0 Å². The first kappa shape index (κ1) is 10.7. The van der Waals surface area contributed by atoms with Gasteiger partial charge in [-0.3, -0.25) is 9.98 Å². The summed E-state index contributed by atoms with van der Waals surface area (Å²) in [5.41, 5.74) is 8.03. The third-order valence-corrected chi connectivity index (χ3v) is 3.15. The molecule has 0 unspecified atom stereocenters. The third kappa shape index (κ3) is 2.58. The van der Waals surface area contributed by atoms with Gasteiger partial charge in [-0.25, -0.2) is 0 Å². The van der Waals surface area contributed by atoms with Crippen molar-refractivity contribution in [3.05, 3.63) is 29.6 Å². The van der Waals surface area contributed by atoms with E-state index in [2.05, 4.69) is 49.6 Å². The van der Waals surface area contributed by atoms with Crippen LogP contribution in [0.3, 0.4) is 0 Å². The molecule has 0 bridgehead atoms. The van der Waals surface area contributed by atoms with Gasteiger partial charge in [0.1, 0.15) is 0 Å². The van der Waals surface area contributed by atoms with E-state index in [1.165, 1.54) is 5.56 Å². The topological polar surface area (TPSA) is 54.5 Å². The molecule has 0 saturated heterocycles. The SMILES string of the molecule is NC1=NCCN1Cc1ccc(CI)nc1. The van der Waals surface area contributed by atoms with E-state index in [-0.39, 0.29) is 0 Å². The molecule has 1 aliphatic rings. The number of nitrogens with zero attached hydrogens (tertiary/aromatic N) is 3. The summed E-state index contributed by atoms with van der Waals surface area (Å²) in [6, 6.07) is 4.16. The van der Waals surface area contributed by atoms with Gasteiger partial charge in [0.05, 0.1) is 12.2 Å². The van der Waals surface area contributed by atoms with Crippen molar-refractivity contribution in [2.45, 2.75) is 11.0 Å². The lowest BCUT2D eigenvalue weighted by atomic mass is 10.2. The summed E-state index contributed by atoms with van der Waals surface area (Å²) in [4.78, 5) is 10.6. The molecule has 4 nitrogen and oxygen atoms in total. The predicted octanol–water partition coefficient (Wildman–Crippen LogP) is 1.15. The molecular weight excluding hydrogens is 303 g/mol. The zero-order chi connectivity index (χ0) is 10.7. The fraction of sp³-hybridized carbons (Fsp3) is 0.400. The second-order valence-corrected chi connectivity index (χ2v) is 4.22. The second-order valence-electron chi connectivity index (χ2n) is 3.45. The van der Waals surface area contributed by atoms with Gasteiger partial charge in [0, 0.05) is 23.7 Å². The summed E-state index contributed by atoms with van der Waals surface area (Å²) in [6.07, 6.45) is 1.92. The van der Waals surface area contributed by atoms with Gasteiger partial charge in [-0.1, -0.05) is 28.7 Å². The van der Waals surface area contributed by atoms with Crippen LogP contribution in [0.4, 0.5) is 0 Å². The zero-order valence-electron chi connectivity index (χ0n) is 8.36. The summed E-state index contributed by atoms with van der Waals surface area (Å²) in [6.45, 7) is 2.54. The van der Waals surface area contributed by atoms with E-state index in [0.29, 0.717) is 5.96 Å². The average Bonchev–Trinajstić information content (AvgIpc) is 2.66. The normalized spacial score (nSPS) is 15.5. The van der Waals surface area contributed by atoms with E-state index in [1.807, 2.05) is 6.20 Å². The van der Waals surface area contributed by atoms with Crippen LogP contribution in [-0.2, 0) is 11.0 Å². The number of aliphatic imine (C=N–C) groups is 1. The number of hydrogen-bond acceptors (Lipinski definition) is 4. The van der Waals surface area contributed by atoms with Crippen molar-refractivity contribution in [3.8, 4) is 0 Å². The van der Waals surface area contributed by atoms with Crippen LogP contribution in [-0.4, -0.2) is 28.9 Å². The van der Waals surface area contributed by atoms with Gasteiger partial charge in [0.15, 0.2) is 5.96 Å². The zero-order valence-corrected chi connectivity index (χ0v) is 10.5. The molecule has 2 N–H and O–H groups in total. The lowest BCUT2D eigenvalue weighted by molar-refractivity contribution is 0.447. The molecule has 80 valence electrons. The van der Waals surface area contributed by atoms with Crippen LogP contribution in [0.1, 0.15) is 11.3 Å². The highest BCUT2D eigenvalue weighted by Crippen LogP contribution is 2.08. The van der Waals surface area contributed by atoms with Crippen LogP contribution in [0.25, 0.3) is 0 Å². The van der Waals surface area contributed by atoms with E-state index in [9.17, 15) is 0 Å². The Hall–Kier alpha value is -0.850. The Bertz CT molecular complexity index is 360. The van der Waals surface area contributed by atoms with Crippen molar-refractivity contribution in [3.63, 3.8) is 0 Å². The summed E-state index contributed by atoms with van der Waals surface area (Å²) >= 11 is 2.31. The fourth-order valence-corrected chi connectivity index (χ4v) is 1.96. The Morgan fingerprint density at radius 1 is 1.47 bits per heavy atom. The van der Waals surface area contributed by atoms with E-state index < -0.39 is 0 Å². The van der Waals surface area contributed by atoms with Crippen LogP contribution in [0.2, 0.25) is 0 Å². The van der Waals surface area contributed by atoms with Gasteiger partial charge in [-0.05, 0) is 11.6 Å². The smallest absolute Gasteiger partial charge is 0.191 e. The van der Waals surface area contributed by atoms with Gasteiger partial charge in [0.2, 0.25) is 0 Å². The Balaban J connectivity index is 2.01. The first-order valence-corrected chi connectivity index (χ1v) is 6.37. The van der Waals surface area contributed by atoms with Crippen molar-refractivity contribution in [2.75, 3.05) is 13.1 Å². The molecule has 1 aliphatic heterocycles. The summed E-state index contributed by atoms with van der Waals surface area (Å²) < 4.78 is 0.950. The number of pyridine rings is 1. The quantitative estimate of drug-likeness (QED) is 0.672. The van der Waals surface area contributed by atoms with Crippen molar-refractivity contribution in [1.82, 2.24) is 9.88 Å². The third-order valence-electron chi connectivity index (χ3n) is 2.36. The van der Waals surface area contributed by atoms with Gasteiger partial charge < -0.3 is 10.6 Å². The lowest BCUT2D eigenvalue weighted by Crippen LogP contribution is -2.33. The Kier molecular flexibility index (Phi) is 3.40. The van der Waals surface area contributed by atoms with Crippen molar-refractivity contribution in [2.24, 2.45) is 10.7 Å². The maximum Gasteiger partial charge on any atom is 0.191 e. The van der Waals surface area contributed by atoms with Crippen molar-refractivity contribution in [1.29, 1.82) is 0 Å². The molecule has 0 radical (unpaired) electrons. The minimum absolute atomic E-state index is 0.646. The van der Waals surface area contributed by atoms with Crippen LogP contribution in [0, 0.1) is 0 Å². The average molecular weight is 316 g/mol. The highest BCUT2D eigenvalue weighted by molar-refractivity contribution is 14.1.